The van der Waals surface area contributed by atoms with Gasteiger partial charge in [0.25, 0.3) is 0 Å². The summed E-state index contributed by atoms with van der Waals surface area (Å²) < 4.78 is 14.0. The molecule has 0 amide bonds. The van der Waals surface area contributed by atoms with Crippen molar-refractivity contribution < 1.29 is 4.39 Å². The van der Waals surface area contributed by atoms with Crippen LogP contribution < -0.4 is 5.32 Å². The first kappa shape index (κ1) is 13.3. The van der Waals surface area contributed by atoms with Gasteiger partial charge < -0.3 is 5.32 Å². The van der Waals surface area contributed by atoms with Crippen molar-refractivity contribution in [2.75, 3.05) is 5.32 Å². The molecule has 3 heterocycles. The lowest BCUT2D eigenvalue weighted by atomic mass is 10.2. The Bertz CT molecular complexity index is 933. The Hall–Kier alpha value is -2.38. The molecule has 0 radical (unpaired) electrons. The molecule has 0 spiro atoms. The number of nitrogens with zero attached hydrogens (tertiary/aromatic N) is 3. The van der Waals surface area contributed by atoms with Crippen molar-refractivity contribution in [3.05, 3.63) is 53.9 Å². The fraction of sp³-hybridized carbons (Fsp3) is 0. The molecule has 0 aliphatic carbocycles. The summed E-state index contributed by atoms with van der Waals surface area (Å²) in [6.07, 6.45) is 3.51. The van der Waals surface area contributed by atoms with Crippen LogP contribution in [0.1, 0.15) is 0 Å². The molecule has 7 heteroatoms. The number of fused-ring (bicyclic) bond motifs is 1. The van der Waals surface area contributed by atoms with E-state index in [-0.39, 0.29) is 5.82 Å². The van der Waals surface area contributed by atoms with E-state index in [4.69, 9.17) is 0 Å². The van der Waals surface area contributed by atoms with Gasteiger partial charge >= 0.3 is 0 Å². The summed E-state index contributed by atoms with van der Waals surface area (Å²) in [5.41, 5.74) is 2.61. The molecule has 4 aromatic rings. The van der Waals surface area contributed by atoms with Crippen molar-refractivity contribution in [1.29, 1.82) is 0 Å². The van der Waals surface area contributed by atoms with Crippen LogP contribution >= 0.6 is 22.7 Å². The number of anilines is 2. The van der Waals surface area contributed by atoms with Crippen LogP contribution in [0.25, 0.3) is 21.5 Å². The molecule has 0 saturated carbocycles. The first-order valence-corrected chi connectivity index (χ1v) is 8.16. The van der Waals surface area contributed by atoms with E-state index in [0.717, 1.165) is 26.6 Å². The summed E-state index contributed by atoms with van der Waals surface area (Å²) in [7, 11) is 0. The Labute approximate surface area is 133 Å². The maximum Gasteiger partial charge on any atom is 0.190 e. The van der Waals surface area contributed by atoms with Crippen LogP contribution in [0.3, 0.4) is 0 Å². The minimum Gasteiger partial charge on any atom is -0.307 e. The zero-order valence-corrected chi connectivity index (χ0v) is 12.8. The van der Waals surface area contributed by atoms with E-state index in [2.05, 4.69) is 20.3 Å². The van der Waals surface area contributed by atoms with Crippen LogP contribution in [-0.4, -0.2) is 15.0 Å². The van der Waals surface area contributed by atoms with E-state index in [1.54, 1.807) is 18.5 Å². The Balaban J connectivity index is 1.61. The number of rotatable bonds is 3. The van der Waals surface area contributed by atoms with E-state index < -0.39 is 0 Å². The highest BCUT2D eigenvalue weighted by molar-refractivity contribution is 7.22. The Morgan fingerprint density at radius 2 is 2.05 bits per heavy atom. The van der Waals surface area contributed by atoms with Crippen LogP contribution in [0.15, 0.2) is 48.1 Å². The maximum atomic E-state index is 13.2. The SMILES string of the molecule is Fc1ccc2nc(Nc3nc(-c4cccnc4)cs3)sc2c1. The van der Waals surface area contributed by atoms with E-state index in [0.29, 0.717) is 5.13 Å². The molecule has 0 aliphatic rings. The predicted octanol–water partition coefficient (Wildman–Crippen LogP) is 4.70. The fourth-order valence-corrected chi connectivity index (χ4v) is 3.69. The first-order valence-electron chi connectivity index (χ1n) is 6.47. The lowest BCUT2D eigenvalue weighted by Crippen LogP contribution is -1.88. The minimum absolute atomic E-state index is 0.254. The standard InChI is InChI=1S/C15H9FN4S2/c16-10-3-4-11-13(6-10)22-15(18-11)20-14-19-12(8-21-14)9-2-1-5-17-7-9/h1-8H,(H,18,19,20). The van der Waals surface area contributed by atoms with E-state index in [1.165, 1.54) is 34.8 Å². The second kappa shape index (κ2) is 5.43. The highest BCUT2D eigenvalue weighted by Gasteiger charge is 2.08. The van der Waals surface area contributed by atoms with Crippen molar-refractivity contribution >= 4 is 43.2 Å². The topological polar surface area (TPSA) is 50.7 Å². The number of hydrogen-bond acceptors (Lipinski definition) is 6. The molecule has 0 unspecified atom stereocenters. The molecule has 0 saturated heterocycles. The van der Waals surface area contributed by atoms with Gasteiger partial charge in [0.1, 0.15) is 5.82 Å². The zero-order chi connectivity index (χ0) is 14.9. The molecule has 0 fully saturated rings. The monoisotopic (exact) mass is 328 g/mol. The van der Waals surface area contributed by atoms with Crippen LogP contribution in [0.4, 0.5) is 14.7 Å². The number of benzene rings is 1. The van der Waals surface area contributed by atoms with Gasteiger partial charge in [0, 0.05) is 23.3 Å². The molecule has 4 nitrogen and oxygen atoms in total. The molecule has 108 valence electrons. The van der Waals surface area contributed by atoms with E-state index in [1.807, 2.05) is 17.5 Å². The summed E-state index contributed by atoms with van der Waals surface area (Å²) >= 11 is 2.90. The van der Waals surface area contributed by atoms with Crippen molar-refractivity contribution in [2.45, 2.75) is 0 Å². The van der Waals surface area contributed by atoms with Crippen LogP contribution in [0.2, 0.25) is 0 Å². The third-order valence-electron chi connectivity index (χ3n) is 3.03. The summed E-state index contributed by atoms with van der Waals surface area (Å²) in [6.45, 7) is 0. The number of pyridine rings is 1. The number of halogens is 1. The minimum atomic E-state index is -0.254. The van der Waals surface area contributed by atoms with Gasteiger partial charge in [0.2, 0.25) is 0 Å². The van der Waals surface area contributed by atoms with Gasteiger partial charge in [-0.15, -0.1) is 11.3 Å². The molecular formula is C15H9FN4S2. The number of nitrogens with one attached hydrogen (secondary N) is 1. The zero-order valence-electron chi connectivity index (χ0n) is 11.2. The van der Waals surface area contributed by atoms with Gasteiger partial charge in [0.15, 0.2) is 10.3 Å². The molecule has 1 aromatic carbocycles. The smallest absolute Gasteiger partial charge is 0.190 e. The third kappa shape index (κ3) is 2.56. The highest BCUT2D eigenvalue weighted by Crippen LogP contribution is 2.31. The highest BCUT2D eigenvalue weighted by atomic mass is 32.1. The van der Waals surface area contributed by atoms with Crippen molar-refractivity contribution in [2.24, 2.45) is 0 Å². The Morgan fingerprint density at radius 1 is 1.09 bits per heavy atom. The summed E-state index contributed by atoms with van der Waals surface area (Å²) in [6, 6.07) is 8.42. The molecule has 1 N–H and O–H groups in total. The first-order chi connectivity index (χ1) is 10.8. The van der Waals surface area contributed by atoms with Crippen molar-refractivity contribution in [1.82, 2.24) is 15.0 Å². The molecule has 0 bridgehead atoms. The van der Waals surface area contributed by atoms with Crippen LogP contribution in [-0.2, 0) is 0 Å². The summed E-state index contributed by atoms with van der Waals surface area (Å²) in [4.78, 5) is 13.0. The van der Waals surface area contributed by atoms with Gasteiger partial charge in [0.05, 0.1) is 15.9 Å². The fourth-order valence-electron chi connectivity index (χ4n) is 2.02. The van der Waals surface area contributed by atoms with Crippen LogP contribution in [0, 0.1) is 5.82 Å². The average molecular weight is 328 g/mol. The number of hydrogen-bond donors (Lipinski definition) is 1. The predicted molar refractivity (Wildman–Crippen MR) is 88.2 cm³/mol. The quantitative estimate of drug-likeness (QED) is 0.592. The third-order valence-corrected chi connectivity index (χ3v) is 4.72. The van der Waals surface area contributed by atoms with Crippen LogP contribution in [0.5, 0.6) is 0 Å². The normalized spacial score (nSPS) is 11.0. The molecule has 22 heavy (non-hydrogen) atoms. The lowest BCUT2D eigenvalue weighted by Gasteiger charge is -1.96. The van der Waals surface area contributed by atoms with Crippen molar-refractivity contribution in [3.63, 3.8) is 0 Å². The molecule has 4 rings (SSSR count). The number of aromatic nitrogens is 3. The van der Waals surface area contributed by atoms with Gasteiger partial charge in [-0.1, -0.05) is 11.3 Å². The summed E-state index contributed by atoms with van der Waals surface area (Å²) in [5.74, 6) is -0.254. The van der Waals surface area contributed by atoms with Crippen molar-refractivity contribution in [3.8, 4) is 11.3 Å². The van der Waals surface area contributed by atoms with E-state index in [9.17, 15) is 4.39 Å². The molecule has 0 aliphatic heterocycles. The van der Waals surface area contributed by atoms with Gasteiger partial charge in [-0.2, -0.15) is 0 Å². The maximum absolute atomic E-state index is 13.2. The number of thiazole rings is 2. The van der Waals surface area contributed by atoms with Gasteiger partial charge in [-0.05, 0) is 30.3 Å². The lowest BCUT2D eigenvalue weighted by molar-refractivity contribution is 0.630. The second-order valence-corrected chi connectivity index (χ2v) is 6.42. The Morgan fingerprint density at radius 3 is 2.91 bits per heavy atom. The average Bonchev–Trinajstić information content (AvgIpc) is 3.14. The largest absolute Gasteiger partial charge is 0.307 e. The van der Waals surface area contributed by atoms with Gasteiger partial charge in [-0.25, -0.2) is 14.4 Å². The van der Waals surface area contributed by atoms with E-state index >= 15 is 0 Å². The Kier molecular flexibility index (Phi) is 3.28. The second-order valence-electron chi connectivity index (χ2n) is 4.54. The molecular weight excluding hydrogens is 319 g/mol. The summed E-state index contributed by atoms with van der Waals surface area (Å²) in [5, 5.41) is 6.59. The van der Waals surface area contributed by atoms with Gasteiger partial charge in [-0.3, -0.25) is 4.98 Å². The molecule has 3 aromatic heterocycles. The molecule has 0 atom stereocenters.